The molecule has 1 aromatic heterocycles. The molecule has 98 valence electrons. The Bertz CT molecular complexity index is 405. The van der Waals surface area contributed by atoms with E-state index in [0.717, 1.165) is 26.2 Å². The van der Waals surface area contributed by atoms with Gasteiger partial charge in [-0.2, -0.15) is 0 Å². The lowest BCUT2D eigenvalue weighted by molar-refractivity contribution is -0.384. The van der Waals surface area contributed by atoms with Crippen molar-refractivity contribution in [2.24, 2.45) is 0 Å². The van der Waals surface area contributed by atoms with Gasteiger partial charge in [0.2, 0.25) is 0 Å². The average molecular weight is 250 g/mol. The third-order valence-electron chi connectivity index (χ3n) is 3.19. The number of nitrogens with zero attached hydrogens (tertiary/aromatic N) is 3. The first-order chi connectivity index (χ1) is 8.77. The quantitative estimate of drug-likeness (QED) is 0.638. The van der Waals surface area contributed by atoms with E-state index < -0.39 is 4.92 Å². The van der Waals surface area contributed by atoms with Crippen LogP contribution in [0.3, 0.4) is 0 Å². The first-order valence-electron chi connectivity index (χ1n) is 6.32. The predicted molar refractivity (Wildman–Crippen MR) is 69.7 cm³/mol. The number of pyridine rings is 1. The van der Waals surface area contributed by atoms with Crippen molar-refractivity contribution in [1.29, 1.82) is 0 Å². The topological polar surface area (TPSA) is 71.3 Å². The van der Waals surface area contributed by atoms with E-state index in [4.69, 9.17) is 0 Å². The van der Waals surface area contributed by atoms with Crippen molar-refractivity contribution < 1.29 is 4.92 Å². The molecule has 1 N–H and O–H groups in total. The molecule has 0 atom stereocenters. The minimum atomic E-state index is -0.407. The second kappa shape index (κ2) is 6.30. The Kier molecular flexibility index (Phi) is 4.46. The highest BCUT2D eigenvalue weighted by atomic mass is 16.6. The summed E-state index contributed by atoms with van der Waals surface area (Å²) in [6.07, 6.45) is 6.68. The summed E-state index contributed by atoms with van der Waals surface area (Å²) in [5.41, 5.74) is 0.586. The summed E-state index contributed by atoms with van der Waals surface area (Å²) >= 11 is 0. The SMILES string of the molecule is O=[N+]([O-])c1cnccc1NCCN1CCCCC1. The van der Waals surface area contributed by atoms with Gasteiger partial charge in [0.25, 0.3) is 0 Å². The van der Waals surface area contributed by atoms with Crippen LogP contribution in [0.2, 0.25) is 0 Å². The van der Waals surface area contributed by atoms with Gasteiger partial charge in [-0.1, -0.05) is 6.42 Å². The second-order valence-electron chi connectivity index (χ2n) is 4.48. The summed E-state index contributed by atoms with van der Waals surface area (Å²) in [5, 5.41) is 13.9. The Balaban J connectivity index is 1.84. The Morgan fingerprint density at radius 3 is 2.89 bits per heavy atom. The Labute approximate surface area is 106 Å². The molecule has 0 bridgehead atoms. The van der Waals surface area contributed by atoms with Crippen molar-refractivity contribution in [3.63, 3.8) is 0 Å². The molecule has 18 heavy (non-hydrogen) atoms. The van der Waals surface area contributed by atoms with E-state index in [0.29, 0.717) is 5.69 Å². The Hall–Kier alpha value is -1.69. The zero-order valence-corrected chi connectivity index (χ0v) is 10.3. The maximum atomic E-state index is 10.8. The molecule has 1 saturated heterocycles. The molecule has 0 amide bonds. The van der Waals surface area contributed by atoms with Crippen LogP contribution in [0.15, 0.2) is 18.5 Å². The molecule has 6 nitrogen and oxygen atoms in total. The molecule has 1 aromatic rings. The zero-order chi connectivity index (χ0) is 12.8. The average Bonchev–Trinajstić information content (AvgIpc) is 2.40. The standard InChI is InChI=1S/C12H18N4O2/c17-16(18)12-10-13-5-4-11(12)14-6-9-15-7-2-1-3-8-15/h4-5,10H,1-3,6-9H2,(H,13,14). The Morgan fingerprint density at radius 2 is 2.17 bits per heavy atom. The molecule has 0 radical (unpaired) electrons. The van der Waals surface area contributed by atoms with Crippen LogP contribution in [0.25, 0.3) is 0 Å². The van der Waals surface area contributed by atoms with Crippen LogP contribution in [0.5, 0.6) is 0 Å². The highest BCUT2D eigenvalue weighted by Gasteiger charge is 2.13. The first kappa shape index (κ1) is 12.8. The fourth-order valence-corrected chi connectivity index (χ4v) is 2.21. The number of hydrogen-bond donors (Lipinski definition) is 1. The normalized spacial score (nSPS) is 16.4. The second-order valence-corrected chi connectivity index (χ2v) is 4.48. The van der Waals surface area contributed by atoms with Gasteiger partial charge in [-0.05, 0) is 32.0 Å². The number of aromatic nitrogens is 1. The van der Waals surface area contributed by atoms with E-state index in [1.807, 2.05) is 0 Å². The number of hydrogen-bond acceptors (Lipinski definition) is 5. The fourth-order valence-electron chi connectivity index (χ4n) is 2.21. The van der Waals surface area contributed by atoms with Crippen molar-refractivity contribution >= 4 is 11.4 Å². The molecular weight excluding hydrogens is 232 g/mol. The molecule has 6 heteroatoms. The summed E-state index contributed by atoms with van der Waals surface area (Å²) in [6.45, 7) is 3.94. The van der Waals surface area contributed by atoms with Crippen LogP contribution in [0, 0.1) is 10.1 Å². The van der Waals surface area contributed by atoms with Crippen LogP contribution < -0.4 is 5.32 Å². The molecule has 0 aromatic carbocycles. The molecule has 1 aliphatic rings. The van der Waals surface area contributed by atoms with Gasteiger partial charge in [0.15, 0.2) is 0 Å². The highest BCUT2D eigenvalue weighted by Crippen LogP contribution is 2.21. The molecule has 0 aliphatic carbocycles. The van der Waals surface area contributed by atoms with Gasteiger partial charge in [0.05, 0.1) is 4.92 Å². The van der Waals surface area contributed by atoms with E-state index in [-0.39, 0.29) is 5.69 Å². The largest absolute Gasteiger partial charge is 0.378 e. The van der Waals surface area contributed by atoms with E-state index in [9.17, 15) is 10.1 Å². The lowest BCUT2D eigenvalue weighted by atomic mass is 10.1. The molecule has 0 unspecified atom stereocenters. The number of anilines is 1. The minimum Gasteiger partial charge on any atom is -0.378 e. The molecular formula is C12H18N4O2. The van der Waals surface area contributed by atoms with Crippen LogP contribution >= 0.6 is 0 Å². The van der Waals surface area contributed by atoms with Crippen LogP contribution in [-0.4, -0.2) is 41.0 Å². The summed E-state index contributed by atoms with van der Waals surface area (Å²) in [4.78, 5) is 16.6. The van der Waals surface area contributed by atoms with E-state index in [1.54, 1.807) is 12.3 Å². The van der Waals surface area contributed by atoms with E-state index in [1.165, 1.54) is 25.5 Å². The highest BCUT2D eigenvalue weighted by molar-refractivity contribution is 5.59. The van der Waals surface area contributed by atoms with Crippen LogP contribution in [0.4, 0.5) is 11.4 Å². The monoisotopic (exact) mass is 250 g/mol. The van der Waals surface area contributed by atoms with Gasteiger partial charge in [-0.3, -0.25) is 15.1 Å². The van der Waals surface area contributed by atoms with Crippen LogP contribution in [0.1, 0.15) is 19.3 Å². The molecule has 1 fully saturated rings. The van der Waals surface area contributed by atoms with E-state index in [2.05, 4.69) is 15.2 Å². The molecule has 0 spiro atoms. The van der Waals surface area contributed by atoms with Crippen molar-refractivity contribution in [3.05, 3.63) is 28.6 Å². The van der Waals surface area contributed by atoms with Crippen molar-refractivity contribution in [2.45, 2.75) is 19.3 Å². The number of nitro groups is 1. The predicted octanol–water partition coefficient (Wildman–Crippen LogP) is 1.89. The summed E-state index contributed by atoms with van der Waals surface area (Å²) in [5.74, 6) is 0. The number of piperidine rings is 1. The van der Waals surface area contributed by atoms with Gasteiger partial charge >= 0.3 is 5.69 Å². The minimum absolute atomic E-state index is 0.0381. The summed E-state index contributed by atoms with van der Waals surface area (Å²) < 4.78 is 0. The van der Waals surface area contributed by atoms with Crippen molar-refractivity contribution in [2.75, 3.05) is 31.5 Å². The first-order valence-corrected chi connectivity index (χ1v) is 6.32. The smallest absolute Gasteiger partial charge is 0.310 e. The van der Waals surface area contributed by atoms with Gasteiger partial charge in [-0.25, -0.2) is 0 Å². The third-order valence-corrected chi connectivity index (χ3v) is 3.19. The molecule has 2 rings (SSSR count). The van der Waals surface area contributed by atoms with Gasteiger partial charge in [-0.15, -0.1) is 0 Å². The number of likely N-dealkylation sites (tertiary alicyclic amines) is 1. The zero-order valence-electron chi connectivity index (χ0n) is 10.3. The summed E-state index contributed by atoms with van der Waals surface area (Å²) in [6, 6.07) is 1.65. The maximum Gasteiger partial charge on any atom is 0.310 e. The lowest BCUT2D eigenvalue weighted by Crippen LogP contribution is -2.33. The lowest BCUT2D eigenvalue weighted by Gasteiger charge is -2.26. The Morgan fingerprint density at radius 1 is 1.39 bits per heavy atom. The van der Waals surface area contributed by atoms with Crippen molar-refractivity contribution in [3.8, 4) is 0 Å². The number of nitrogens with one attached hydrogen (secondary N) is 1. The van der Waals surface area contributed by atoms with Gasteiger partial charge in [0, 0.05) is 19.3 Å². The molecule has 2 heterocycles. The van der Waals surface area contributed by atoms with Crippen LogP contribution in [-0.2, 0) is 0 Å². The van der Waals surface area contributed by atoms with Gasteiger partial charge < -0.3 is 10.2 Å². The van der Waals surface area contributed by atoms with Gasteiger partial charge in [0.1, 0.15) is 11.9 Å². The molecule has 0 saturated carbocycles. The van der Waals surface area contributed by atoms with E-state index >= 15 is 0 Å². The fraction of sp³-hybridized carbons (Fsp3) is 0.583. The third kappa shape index (κ3) is 3.40. The number of rotatable bonds is 5. The van der Waals surface area contributed by atoms with Crippen molar-refractivity contribution in [1.82, 2.24) is 9.88 Å². The molecule has 1 aliphatic heterocycles. The summed E-state index contributed by atoms with van der Waals surface area (Å²) in [7, 11) is 0. The maximum absolute atomic E-state index is 10.8.